The van der Waals surface area contributed by atoms with Gasteiger partial charge in [0.1, 0.15) is 5.01 Å². The van der Waals surface area contributed by atoms with Crippen LogP contribution in [0.25, 0.3) is 10.6 Å². The maximum absolute atomic E-state index is 4.38. The molecule has 0 N–H and O–H groups in total. The minimum absolute atomic E-state index is 0.120. The monoisotopic (exact) mass is 296 g/mol. The van der Waals surface area contributed by atoms with Gasteiger partial charge in [0.15, 0.2) is 0 Å². The average Bonchev–Trinajstić information content (AvgIpc) is 2.64. The minimum atomic E-state index is 0.120. The van der Waals surface area contributed by atoms with Crippen molar-refractivity contribution in [2.45, 2.75) is 26.2 Å². The largest absolute Gasteiger partial charge is 0.209 e. The van der Waals surface area contributed by atoms with E-state index in [1.54, 1.807) is 0 Å². The highest BCUT2D eigenvalue weighted by Crippen LogP contribution is 2.33. The van der Waals surface area contributed by atoms with Gasteiger partial charge in [-0.1, -0.05) is 45.0 Å². The third-order valence-corrected chi connectivity index (χ3v) is 3.70. The first kappa shape index (κ1) is 11.7. The van der Waals surface area contributed by atoms with E-state index < -0.39 is 0 Å². The lowest BCUT2D eigenvalue weighted by molar-refractivity contribution is 0.592. The molecule has 0 spiro atoms. The fourth-order valence-electron chi connectivity index (χ4n) is 1.64. The van der Waals surface area contributed by atoms with Gasteiger partial charge >= 0.3 is 0 Å². The van der Waals surface area contributed by atoms with E-state index >= 15 is 0 Å². The maximum atomic E-state index is 4.38. The molecular formula is C12H13BrN2S. The van der Waals surface area contributed by atoms with Gasteiger partial charge in [0.2, 0.25) is 4.73 Å². The zero-order valence-corrected chi connectivity index (χ0v) is 11.9. The number of hydrogen-bond donors (Lipinski definition) is 0. The molecule has 0 bridgehead atoms. The van der Waals surface area contributed by atoms with Crippen LogP contribution in [-0.2, 0) is 5.41 Å². The summed E-state index contributed by atoms with van der Waals surface area (Å²) in [6.45, 7) is 6.63. The molecule has 0 unspecified atom stereocenters. The van der Waals surface area contributed by atoms with Gasteiger partial charge in [0, 0.05) is 5.56 Å². The molecule has 1 heterocycles. The first-order valence-electron chi connectivity index (χ1n) is 5.07. The van der Waals surface area contributed by atoms with Gasteiger partial charge in [-0.15, -0.1) is 0 Å². The molecule has 16 heavy (non-hydrogen) atoms. The van der Waals surface area contributed by atoms with Crippen LogP contribution in [0.2, 0.25) is 0 Å². The van der Waals surface area contributed by atoms with Crippen molar-refractivity contribution >= 4 is 27.5 Å². The molecule has 2 aromatic rings. The number of benzene rings is 1. The van der Waals surface area contributed by atoms with Gasteiger partial charge in [0.05, 0.1) is 0 Å². The van der Waals surface area contributed by atoms with Crippen molar-refractivity contribution in [2.75, 3.05) is 0 Å². The first-order chi connectivity index (χ1) is 7.48. The SMILES string of the molecule is CC(C)(C)c1ccccc1-c1nc(Br)ns1. The highest BCUT2D eigenvalue weighted by atomic mass is 79.9. The summed E-state index contributed by atoms with van der Waals surface area (Å²) >= 11 is 4.72. The summed E-state index contributed by atoms with van der Waals surface area (Å²) < 4.78 is 4.83. The van der Waals surface area contributed by atoms with Gasteiger partial charge in [-0.3, -0.25) is 0 Å². The Labute approximate surface area is 108 Å². The number of hydrogen-bond acceptors (Lipinski definition) is 3. The van der Waals surface area contributed by atoms with Crippen LogP contribution in [0.15, 0.2) is 29.0 Å². The van der Waals surface area contributed by atoms with E-state index in [0.29, 0.717) is 4.73 Å². The second-order valence-electron chi connectivity index (χ2n) is 4.66. The molecule has 0 aliphatic rings. The lowest BCUT2D eigenvalue weighted by atomic mass is 9.84. The quantitative estimate of drug-likeness (QED) is 0.785. The summed E-state index contributed by atoms with van der Waals surface area (Å²) in [5, 5.41) is 0.970. The van der Waals surface area contributed by atoms with E-state index in [4.69, 9.17) is 0 Å². The van der Waals surface area contributed by atoms with Gasteiger partial charge in [-0.2, -0.15) is 4.37 Å². The lowest BCUT2D eigenvalue weighted by Crippen LogP contribution is -2.12. The van der Waals surface area contributed by atoms with Crippen LogP contribution < -0.4 is 0 Å². The first-order valence-corrected chi connectivity index (χ1v) is 6.64. The summed E-state index contributed by atoms with van der Waals surface area (Å²) in [7, 11) is 0. The molecule has 2 nitrogen and oxygen atoms in total. The number of rotatable bonds is 1. The summed E-state index contributed by atoms with van der Waals surface area (Å²) in [6, 6.07) is 8.37. The lowest BCUT2D eigenvalue weighted by Gasteiger charge is -2.21. The van der Waals surface area contributed by atoms with Gasteiger partial charge in [-0.25, -0.2) is 4.98 Å². The molecule has 0 amide bonds. The molecule has 2 rings (SSSR count). The Morgan fingerprint density at radius 3 is 2.44 bits per heavy atom. The fourth-order valence-corrected chi connectivity index (χ4v) is 2.76. The topological polar surface area (TPSA) is 25.8 Å². The Hall–Kier alpha value is -0.740. The molecule has 4 heteroatoms. The summed E-state index contributed by atoms with van der Waals surface area (Å²) in [5.74, 6) is 0. The number of halogens is 1. The van der Waals surface area contributed by atoms with Crippen LogP contribution in [0.1, 0.15) is 26.3 Å². The second kappa shape index (κ2) is 4.26. The van der Waals surface area contributed by atoms with Gasteiger partial charge in [0.25, 0.3) is 0 Å². The highest BCUT2D eigenvalue weighted by Gasteiger charge is 2.19. The van der Waals surface area contributed by atoms with Crippen molar-refractivity contribution < 1.29 is 0 Å². The van der Waals surface area contributed by atoms with E-state index in [2.05, 4.69) is 64.3 Å². The zero-order chi connectivity index (χ0) is 11.8. The molecule has 1 aromatic carbocycles. The van der Waals surface area contributed by atoms with Crippen LogP contribution in [0, 0.1) is 0 Å². The van der Waals surface area contributed by atoms with Crippen LogP contribution in [0.3, 0.4) is 0 Å². The molecule has 0 atom stereocenters. The minimum Gasteiger partial charge on any atom is -0.209 e. The van der Waals surface area contributed by atoms with Crippen molar-refractivity contribution in [3.8, 4) is 10.6 Å². The molecule has 1 aromatic heterocycles. The van der Waals surface area contributed by atoms with E-state index in [-0.39, 0.29) is 5.41 Å². The fraction of sp³-hybridized carbons (Fsp3) is 0.333. The molecule has 0 aliphatic carbocycles. The van der Waals surface area contributed by atoms with Crippen molar-refractivity contribution in [3.63, 3.8) is 0 Å². The molecule has 0 saturated carbocycles. The number of nitrogens with zero attached hydrogens (tertiary/aromatic N) is 2. The summed E-state index contributed by atoms with van der Waals surface area (Å²) in [6.07, 6.45) is 0. The highest BCUT2D eigenvalue weighted by molar-refractivity contribution is 9.10. The predicted molar refractivity (Wildman–Crippen MR) is 71.7 cm³/mol. The van der Waals surface area contributed by atoms with E-state index in [0.717, 1.165) is 5.01 Å². The van der Waals surface area contributed by atoms with Crippen LogP contribution in [-0.4, -0.2) is 9.36 Å². The Morgan fingerprint density at radius 2 is 1.88 bits per heavy atom. The van der Waals surface area contributed by atoms with Crippen molar-refractivity contribution in [1.29, 1.82) is 0 Å². The van der Waals surface area contributed by atoms with Crippen molar-refractivity contribution in [2.24, 2.45) is 0 Å². The van der Waals surface area contributed by atoms with Gasteiger partial charge in [-0.05, 0) is 38.4 Å². The predicted octanol–water partition coefficient (Wildman–Crippen LogP) is 4.27. The van der Waals surface area contributed by atoms with Crippen LogP contribution in [0.5, 0.6) is 0 Å². The second-order valence-corrected chi connectivity index (χ2v) is 6.13. The Balaban J connectivity index is 2.57. The van der Waals surface area contributed by atoms with E-state index in [1.165, 1.54) is 22.7 Å². The Bertz CT molecular complexity index is 500. The molecule has 84 valence electrons. The van der Waals surface area contributed by atoms with E-state index in [1.807, 2.05) is 6.07 Å². The van der Waals surface area contributed by atoms with Gasteiger partial charge < -0.3 is 0 Å². The third kappa shape index (κ3) is 2.33. The average molecular weight is 297 g/mol. The summed E-state index contributed by atoms with van der Waals surface area (Å²) in [4.78, 5) is 4.38. The summed E-state index contributed by atoms with van der Waals surface area (Å²) in [5.41, 5.74) is 2.60. The Morgan fingerprint density at radius 1 is 1.19 bits per heavy atom. The maximum Gasteiger partial charge on any atom is 0.209 e. The van der Waals surface area contributed by atoms with Crippen molar-refractivity contribution in [3.05, 3.63) is 34.6 Å². The molecule has 0 radical (unpaired) electrons. The third-order valence-electron chi connectivity index (χ3n) is 2.37. The van der Waals surface area contributed by atoms with Crippen molar-refractivity contribution in [1.82, 2.24) is 9.36 Å². The number of aromatic nitrogens is 2. The van der Waals surface area contributed by atoms with Crippen LogP contribution >= 0.6 is 27.5 Å². The molecular weight excluding hydrogens is 284 g/mol. The molecule has 0 aliphatic heterocycles. The Kier molecular flexibility index (Phi) is 3.13. The smallest absolute Gasteiger partial charge is 0.209 e. The standard InChI is InChI=1S/C12H13BrN2S/c1-12(2,3)9-7-5-4-6-8(9)10-14-11(13)15-16-10/h4-7H,1-3H3. The zero-order valence-electron chi connectivity index (χ0n) is 9.49. The normalized spacial score (nSPS) is 11.8. The molecule has 0 saturated heterocycles. The van der Waals surface area contributed by atoms with E-state index in [9.17, 15) is 0 Å². The van der Waals surface area contributed by atoms with Crippen LogP contribution in [0.4, 0.5) is 0 Å². The molecule has 0 fully saturated rings.